The lowest BCUT2D eigenvalue weighted by Crippen LogP contribution is -2.24. The van der Waals surface area contributed by atoms with Gasteiger partial charge in [-0.25, -0.2) is 0 Å². The van der Waals surface area contributed by atoms with Gasteiger partial charge in [-0.3, -0.25) is 0 Å². The maximum atomic E-state index is 9.09. The number of hydrogen-bond acceptors (Lipinski definition) is 4. The van der Waals surface area contributed by atoms with Crippen LogP contribution in [-0.4, -0.2) is 46.8 Å². The molecule has 0 amide bonds. The fourth-order valence-electron chi connectivity index (χ4n) is 1.10. The third-order valence-electron chi connectivity index (χ3n) is 1.68. The van der Waals surface area contributed by atoms with E-state index in [4.69, 9.17) is 20.1 Å². The first-order valence-corrected chi connectivity index (χ1v) is 3.33. The summed E-state index contributed by atoms with van der Waals surface area (Å²) in [5.74, 6) is 0. The van der Waals surface area contributed by atoms with Crippen LogP contribution in [0.1, 0.15) is 6.42 Å². The van der Waals surface area contributed by atoms with E-state index >= 15 is 0 Å². The Morgan fingerprint density at radius 2 is 2.00 bits per heavy atom. The van der Waals surface area contributed by atoms with Crippen molar-refractivity contribution in [2.45, 2.75) is 24.7 Å². The summed E-state index contributed by atoms with van der Waals surface area (Å²) >= 11 is 0. The van der Waals surface area contributed by atoms with Gasteiger partial charge in [-0.1, -0.05) is 0 Å². The van der Waals surface area contributed by atoms with Crippen LogP contribution in [0.2, 0.25) is 0 Å². The minimum absolute atomic E-state index is 0.0897. The number of rotatable bonds is 2. The summed E-state index contributed by atoms with van der Waals surface area (Å²) in [6, 6.07) is 0. The molecule has 1 heterocycles. The molecule has 1 saturated heterocycles. The average molecular weight is 148 g/mol. The van der Waals surface area contributed by atoms with E-state index in [1.54, 1.807) is 0 Å². The van der Waals surface area contributed by atoms with Crippen LogP contribution in [0.3, 0.4) is 0 Å². The lowest BCUT2D eigenvalue weighted by atomic mass is 10.1. The second-order valence-corrected chi connectivity index (χ2v) is 2.46. The van der Waals surface area contributed by atoms with Gasteiger partial charge in [0.15, 0.2) is 0 Å². The largest absolute Gasteiger partial charge is 0.394 e. The summed E-state index contributed by atoms with van der Waals surface area (Å²) < 4.78 is 5.02. The Kier molecular flexibility index (Phi) is 2.62. The van der Waals surface area contributed by atoms with E-state index in [-0.39, 0.29) is 19.3 Å². The number of hydrogen-bond donors (Lipinski definition) is 3. The molecule has 0 bridgehead atoms. The third-order valence-corrected chi connectivity index (χ3v) is 1.68. The quantitative estimate of drug-likeness (QED) is 0.445. The van der Waals surface area contributed by atoms with Crippen LogP contribution in [0.5, 0.6) is 0 Å². The predicted molar refractivity (Wildman–Crippen MR) is 33.5 cm³/mol. The number of aliphatic hydroxyl groups is 3. The zero-order valence-electron chi connectivity index (χ0n) is 5.60. The van der Waals surface area contributed by atoms with Crippen LogP contribution in [0, 0.1) is 0 Å². The zero-order chi connectivity index (χ0) is 7.56. The van der Waals surface area contributed by atoms with Crippen molar-refractivity contribution in [2.75, 3.05) is 13.2 Å². The summed E-state index contributed by atoms with van der Waals surface area (Å²) in [6.45, 7) is -0.273. The van der Waals surface area contributed by atoms with Gasteiger partial charge >= 0.3 is 0 Å². The smallest absolute Gasteiger partial charge is 0.107 e. The van der Waals surface area contributed by atoms with Crippen LogP contribution >= 0.6 is 0 Å². The molecule has 0 aromatic carbocycles. The second-order valence-electron chi connectivity index (χ2n) is 2.46. The van der Waals surface area contributed by atoms with E-state index in [0.717, 1.165) is 0 Å². The van der Waals surface area contributed by atoms with Crippen molar-refractivity contribution in [2.24, 2.45) is 0 Å². The van der Waals surface area contributed by atoms with Gasteiger partial charge in [0.25, 0.3) is 0 Å². The number of aliphatic hydroxyl groups excluding tert-OH is 3. The Bertz CT molecular complexity index is 106. The third kappa shape index (κ3) is 1.46. The standard InChI is InChI=1S/C6H12O4/c7-2-4-1-5(9)6(3-8)10-4/h4-9H,1-3H2/t4-,5-,6?/m0/s1. The first kappa shape index (κ1) is 7.94. The van der Waals surface area contributed by atoms with Crippen molar-refractivity contribution in [3.63, 3.8) is 0 Å². The van der Waals surface area contributed by atoms with E-state index < -0.39 is 12.2 Å². The van der Waals surface area contributed by atoms with Gasteiger partial charge in [0.1, 0.15) is 6.10 Å². The topological polar surface area (TPSA) is 69.9 Å². The fraction of sp³-hybridized carbons (Fsp3) is 1.00. The number of ether oxygens (including phenoxy) is 1. The first-order chi connectivity index (χ1) is 4.77. The Morgan fingerprint density at radius 1 is 1.30 bits per heavy atom. The zero-order valence-corrected chi connectivity index (χ0v) is 5.60. The van der Waals surface area contributed by atoms with Crippen molar-refractivity contribution in [3.05, 3.63) is 0 Å². The molecule has 4 nitrogen and oxygen atoms in total. The highest BCUT2D eigenvalue weighted by Gasteiger charge is 2.32. The van der Waals surface area contributed by atoms with Crippen molar-refractivity contribution < 1.29 is 20.1 Å². The van der Waals surface area contributed by atoms with Gasteiger partial charge < -0.3 is 20.1 Å². The molecular formula is C6H12O4. The van der Waals surface area contributed by atoms with Crippen LogP contribution in [-0.2, 0) is 4.74 Å². The molecule has 1 unspecified atom stereocenters. The van der Waals surface area contributed by atoms with Crippen LogP contribution in [0.4, 0.5) is 0 Å². The van der Waals surface area contributed by atoms with Gasteiger partial charge in [0.05, 0.1) is 25.4 Å². The molecule has 0 aromatic rings. The molecule has 3 N–H and O–H groups in total. The van der Waals surface area contributed by atoms with Gasteiger partial charge in [0, 0.05) is 6.42 Å². The monoisotopic (exact) mass is 148 g/mol. The van der Waals surface area contributed by atoms with Gasteiger partial charge in [-0.05, 0) is 0 Å². The van der Waals surface area contributed by atoms with Crippen molar-refractivity contribution in [1.29, 1.82) is 0 Å². The summed E-state index contributed by atoms with van der Waals surface area (Å²) in [7, 11) is 0. The fourth-order valence-corrected chi connectivity index (χ4v) is 1.10. The highest BCUT2D eigenvalue weighted by Crippen LogP contribution is 2.19. The van der Waals surface area contributed by atoms with Gasteiger partial charge in [-0.2, -0.15) is 0 Å². The van der Waals surface area contributed by atoms with Crippen molar-refractivity contribution in [1.82, 2.24) is 0 Å². The van der Waals surface area contributed by atoms with E-state index in [9.17, 15) is 0 Å². The molecule has 10 heavy (non-hydrogen) atoms. The summed E-state index contributed by atoms with van der Waals surface area (Å²) in [4.78, 5) is 0. The van der Waals surface area contributed by atoms with Crippen LogP contribution in [0.15, 0.2) is 0 Å². The molecule has 1 fully saturated rings. The lowest BCUT2D eigenvalue weighted by Gasteiger charge is -2.09. The molecule has 60 valence electrons. The van der Waals surface area contributed by atoms with E-state index in [2.05, 4.69) is 0 Å². The Morgan fingerprint density at radius 3 is 2.30 bits per heavy atom. The molecule has 0 aromatic heterocycles. The minimum atomic E-state index is -0.623. The molecule has 0 saturated carbocycles. The highest BCUT2D eigenvalue weighted by atomic mass is 16.5. The molecule has 0 aliphatic carbocycles. The summed E-state index contributed by atoms with van der Waals surface area (Å²) in [5, 5.41) is 26.3. The lowest BCUT2D eigenvalue weighted by molar-refractivity contribution is -0.0355. The molecule has 1 aliphatic heterocycles. The molecule has 3 atom stereocenters. The Hall–Kier alpha value is -0.160. The van der Waals surface area contributed by atoms with E-state index in [1.165, 1.54) is 0 Å². The van der Waals surface area contributed by atoms with E-state index in [1.807, 2.05) is 0 Å². The van der Waals surface area contributed by atoms with E-state index in [0.29, 0.717) is 6.42 Å². The Balaban J connectivity index is 2.36. The summed E-state index contributed by atoms with van der Waals surface area (Å²) in [5.41, 5.74) is 0. The average Bonchev–Trinajstić information content (AvgIpc) is 2.30. The van der Waals surface area contributed by atoms with Gasteiger partial charge in [0.2, 0.25) is 0 Å². The van der Waals surface area contributed by atoms with Crippen molar-refractivity contribution >= 4 is 0 Å². The molecule has 1 rings (SSSR count). The highest BCUT2D eigenvalue weighted by molar-refractivity contribution is 4.80. The molecule has 0 radical (unpaired) electrons. The molecule has 1 aliphatic rings. The maximum Gasteiger partial charge on any atom is 0.107 e. The molecule has 0 spiro atoms. The molecule has 4 heteroatoms. The Labute approximate surface area is 59.1 Å². The van der Waals surface area contributed by atoms with Crippen LogP contribution in [0.25, 0.3) is 0 Å². The van der Waals surface area contributed by atoms with Crippen LogP contribution < -0.4 is 0 Å². The van der Waals surface area contributed by atoms with Gasteiger partial charge in [-0.15, -0.1) is 0 Å². The SMILES string of the molecule is OCC1O[C@H](CO)C[C@@H]1O. The maximum absolute atomic E-state index is 9.09. The normalized spacial score (nSPS) is 40.5. The summed E-state index contributed by atoms with van der Waals surface area (Å²) in [6.07, 6.45) is -1.01. The minimum Gasteiger partial charge on any atom is -0.394 e. The van der Waals surface area contributed by atoms with Crippen molar-refractivity contribution in [3.8, 4) is 0 Å². The second kappa shape index (κ2) is 3.30. The molecular weight excluding hydrogens is 136 g/mol. The predicted octanol–water partition coefficient (Wildman–Crippen LogP) is -1.51. The first-order valence-electron chi connectivity index (χ1n) is 3.33.